The van der Waals surface area contributed by atoms with Crippen molar-refractivity contribution in [2.24, 2.45) is 5.92 Å². The summed E-state index contributed by atoms with van der Waals surface area (Å²) in [6.07, 6.45) is 13.1. The molecule has 7 nitrogen and oxygen atoms in total. The summed E-state index contributed by atoms with van der Waals surface area (Å²) in [5.41, 5.74) is 1.76. The molecule has 7 heteroatoms. The number of carbonyl (C=O) groups is 1. The number of hydrogen-bond donors (Lipinski definition) is 2. The Bertz CT molecular complexity index is 832. The third-order valence-corrected chi connectivity index (χ3v) is 4.62. The Balaban J connectivity index is 1.59. The van der Waals surface area contributed by atoms with E-state index in [-0.39, 0.29) is 5.91 Å². The van der Waals surface area contributed by atoms with Crippen molar-refractivity contribution < 1.29 is 4.79 Å². The first-order chi connectivity index (χ1) is 11.8. The molecule has 3 aromatic heterocycles. The van der Waals surface area contributed by atoms with Crippen LogP contribution in [0, 0.1) is 5.92 Å². The molecule has 0 aromatic carbocycles. The van der Waals surface area contributed by atoms with Gasteiger partial charge in [-0.1, -0.05) is 19.3 Å². The molecule has 0 atom stereocenters. The highest BCUT2D eigenvalue weighted by Gasteiger charge is 2.19. The van der Waals surface area contributed by atoms with Gasteiger partial charge in [0.25, 0.3) is 5.91 Å². The Morgan fingerprint density at radius 2 is 2.17 bits per heavy atom. The summed E-state index contributed by atoms with van der Waals surface area (Å²) < 4.78 is 1.70. The lowest BCUT2D eigenvalue weighted by atomic mass is 9.89. The third-order valence-electron chi connectivity index (χ3n) is 4.62. The van der Waals surface area contributed by atoms with Gasteiger partial charge in [0.1, 0.15) is 6.33 Å². The topological polar surface area (TPSA) is 88.5 Å². The lowest BCUT2D eigenvalue weighted by molar-refractivity contribution is 0.0940. The number of hydrogen-bond acceptors (Lipinski definition) is 4. The minimum atomic E-state index is -0.156. The van der Waals surface area contributed by atoms with Crippen molar-refractivity contribution in [2.75, 3.05) is 6.54 Å². The van der Waals surface area contributed by atoms with E-state index in [4.69, 9.17) is 0 Å². The number of aromatic amines is 1. The first kappa shape index (κ1) is 14.9. The lowest BCUT2D eigenvalue weighted by Gasteiger charge is -2.21. The van der Waals surface area contributed by atoms with Gasteiger partial charge in [0.05, 0.1) is 11.0 Å². The Labute approximate surface area is 139 Å². The SMILES string of the molecule is O=C(NCC1CCCCC1)c1nc(-n2ccnc2)nc2cc[nH]c12. The molecular formula is C17H20N6O. The van der Waals surface area contributed by atoms with E-state index in [1.165, 1.54) is 32.1 Å². The summed E-state index contributed by atoms with van der Waals surface area (Å²) in [7, 11) is 0. The Kier molecular flexibility index (Phi) is 3.98. The molecular weight excluding hydrogens is 304 g/mol. The minimum absolute atomic E-state index is 0.156. The quantitative estimate of drug-likeness (QED) is 0.771. The number of imidazole rings is 1. The number of fused-ring (bicyclic) bond motifs is 1. The van der Waals surface area contributed by atoms with Crippen LogP contribution in [-0.2, 0) is 0 Å². The van der Waals surface area contributed by atoms with Crippen molar-refractivity contribution in [1.29, 1.82) is 0 Å². The van der Waals surface area contributed by atoms with Crippen LogP contribution < -0.4 is 5.32 Å². The number of carbonyl (C=O) groups excluding carboxylic acids is 1. The predicted molar refractivity (Wildman–Crippen MR) is 89.9 cm³/mol. The van der Waals surface area contributed by atoms with Crippen LogP contribution in [0.5, 0.6) is 0 Å². The third kappa shape index (κ3) is 2.89. The zero-order valence-electron chi connectivity index (χ0n) is 13.4. The van der Waals surface area contributed by atoms with E-state index in [1.807, 2.05) is 6.07 Å². The highest BCUT2D eigenvalue weighted by molar-refractivity contribution is 6.03. The molecule has 4 rings (SSSR count). The predicted octanol–water partition coefficient (Wildman–Crippen LogP) is 2.45. The fraction of sp³-hybridized carbons (Fsp3) is 0.412. The summed E-state index contributed by atoms with van der Waals surface area (Å²) >= 11 is 0. The van der Waals surface area contributed by atoms with Crippen molar-refractivity contribution in [2.45, 2.75) is 32.1 Å². The zero-order chi connectivity index (χ0) is 16.4. The average Bonchev–Trinajstić information content (AvgIpc) is 3.30. The van der Waals surface area contributed by atoms with Crippen molar-refractivity contribution in [3.05, 3.63) is 36.7 Å². The van der Waals surface area contributed by atoms with Gasteiger partial charge in [-0.15, -0.1) is 0 Å². The standard InChI is InChI=1S/C17H20N6O/c24-16(20-10-12-4-2-1-3-5-12)15-14-13(6-7-19-14)21-17(22-15)23-9-8-18-11-23/h6-9,11-12,19H,1-5,10H2,(H,20,24). The summed E-state index contributed by atoms with van der Waals surface area (Å²) in [4.78, 5) is 28.7. The molecule has 1 fully saturated rings. The molecule has 0 spiro atoms. The van der Waals surface area contributed by atoms with Gasteiger partial charge < -0.3 is 10.3 Å². The highest BCUT2D eigenvalue weighted by Crippen LogP contribution is 2.23. The van der Waals surface area contributed by atoms with Crippen molar-refractivity contribution in [3.8, 4) is 5.95 Å². The van der Waals surface area contributed by atoms with Gasteiger partial charge >= 0.3 is 0 Å². The normalized spacial score (nSPS) is 15.7. The van der Waals surface area contributed by atoms with E-state index in [1.54, 1.807) is 29.5 Å². The monoisotopic (exact) mass is 324 g/mol. The number of nitrogens with one attached hydrogen (secondary N) is 2. The maximum Gasteiger partial charge on any atom is 0.272 e. The highest BCUT2D eigenvalue weighted by atomic mass is 16.1. The lowest BCUT2D eigenvalue weighted by Crippen LogP contribution is -2.31. The maximum absolute atomic E-state index is 12.7. The van der Waals surface area contributed by atoms with Crippen LogP contribution in [0.4, 0.5) is 0 Å². The summed E-state index contributed by atoms with van der Waals surface area (Å²) in [6, 6.07) is 1.84. The van der Waals surface area contributed by atoms with E-state index < -0.39 is 0 Å². The first-order valence-corrected chi connectivity index (χ1v) is 8.43. The molecule has 1 aliphatic carbocycles. The van der Waals surface area contributed by atoms with Gasteiger partial charge in [-0.25, -0.2) is 15.0 Å². The number of nitrogens with zero attached hydrogens (tertiary/aromatic N) is 4. The van der Waals surface area contributed by atoms with Gasteiger partial charge in [0.2, 0.25) is 5.95 Å². The summed E-state index contributed by atoms with van der Waals surface area (Å²) in [6.45, 7) is 0.714. The van der Waals surface area contributed by atoms with E-state index in [2.05, 4.69) is 25.3 Å². The average molecular weight is 324 g/mol. The molecule has 24 heavy (non-hydrogen) atoms. The van der Waals surface area contributed by atoms with E-state index >= 15 is 0 Å². The van der Waals surface area contributed by atoms with E-state index in [9.17, 15) is 4.79 Å². The van der Waals surface area contributed by atoms with E-state index in [0.29, 0.717) is 29.6 Å². The fourth-order valence-electron chi connectivity index (χ4n) is 3.30. The second kappa shape index (κ2) is 6.43. The minimum Gasteiger partial charge on any atom is -0.358 e. The van der Waals surface area contributed by atoms with Crippen molar-refractivity contribution >= 4 is 16.9 Å². The first-order valence-electron chi connectivity index (χ1n) is 8.43. The molecule has 0 aliphatic heterocycles. The van der Waals surface area contributed by atoms with Crippen LogP contribution in [0.25, 0.3) is 17.0 Å². The molecule has 1 saturated carbocycles. The van der Waals surface area contributed by atoms with Crippen LogP contribution in [0.3, 0.4) is 0 Å². The van der Waals surface area contributed by atoms with Gasteiger partial charge in [-0.3, -0.25) is 9.36 Å². The maximum atomic E-state index is 12.7. The summed E-state index contributed by atoms with van der Waals surface area (Å²) in [5, 5.41) is 3.05. The summed E-state index contributed by atoms with van der Waals surface area (Å²) in [5.74, 6) is 0.871. The van der Waals surface area contributed by atoms with Gasteiger partial charge in [-0.05, 0) is 24.8 Å². The molecule has 0 radical (unpaired) electrons. The molecule has 3 heterocycles. The Morgan fingerprint density at radius 1 is 1.29 bits per heavy atom. The molecule has 124 valence electrons. The fourth-order valence-corrected chi connectivity index (χ4v) is 3.30. The smallest absolute Gasteiger partial charge is 0.272 e. The Hall–Kier alpha value is -2.70. The number of aromatic nitrogens is 5. The molecule has 0 bridgehead atoms. The van der Waals surface area contributed by atoms with Gasteiger partial charge in [0.15, 0.2) is 5.69 Å². The van der Waals surface area contributed by atoms with Crippen molar-refractivity contribution in [1.82, 2.24) is 29.8 Å². The number of H-pyrrole nitrogens is 1. The van der Waals surface area contributed by atoms with Gasteiger partial charge in [0, 0.05) is 25.1 Å². The van der Waals surface area contributed by atoms with Gasteiger partial charge in [-0.2, -0.15) is 0 Å². The number of rotatable bonds is 4. The molecule has 3 aromatic rings. The zero-order valence-corrected chi connectivity index (χ0v) is 13.4. The second-order valence-corrected chi connectivity index (χ2v) is 6.29. The number of amides is 1. The van der Waals surface area contributed by atoms with Crippen LogP contribution >= 0.6 is 0 Å². The van der Waals surface area contributed by atoms with Crippen LogP contribution in [0.1, 0.15) is 42.6 Å². The largest absolute Gasteiger partial charge is 0.358 e. The molecule has 1 amide bonds. The molecule has 2 N–H and O–H groups in total. The van der Waals surface area contributed by atoms with Crippen LogP contribution in [0.15, 0.2) is 31.0 Å². The van der Waals surface area contributed by atoms with Crippen molar-refractivity contribution in [3.63, 3.8) is 0 Å². The molecule has 0 saturated heterocycles. The Morgan fingerprint density at radius 3 is 2.96 bits per heavy atom. The van der Waals surface area contributed by atoms with Crippen LogP contribution in [-0.4, -0.2) is 37.0 Å². The van der Waals surface area contributed by atoms with E-state index in [0.717, 1.165) is 5.52 Å². The molecule has 0 unspecified atom stereocenters. The second-order valence-electron chi connectivity index (χ2n) is 6.29. The van der Waals surface area contributed by atoms with Crippen LogP contribution in [0.2, 0.25) is 0 Å². The molecule has 1 aliphatic rings.